The van der Waals surface area contributed by atoms with E-state index in [1.807, 2.05) is 50.2 Å². The molecule has 0 spiro atoms. The monoisotopic (exact) mass is 260 g/mol. The molecule has 0 heterocycles. The molecule has 2 atom stereocenters. The molecular weight excluding hydrogens is 240 g/mol. The number of aliphatic hydroxyl groups is 1. The van der Waals surface area contributed by atoms with Crippen LogP contribution in [0.15, 0.2) is 30.3 Å². The van der Waals surface area contributed by atoms with E-state index in [1.54, 1.807) is 0 Å². The van der Waals surface area contributed by atoms with Crippen molar-refractivity contribution in [1.82, 2.24) is 5.32 Å². The summed E-state index contributed by atoms with van der Waals surface area (Å²) in [5.74, 6) is -1.03. The van der Waals surface area contributed by atoms with Gasteiger partial charge < -0.3 is 10.4 Å². The van der Waals surface area contributed by atoms with Gasteiger partial charge in [-0.25, -0.2) is 0 Å². The fraction of sp³-hybridized carbons (Fsp3) is 0.467. The molecule has 0 bridgehead atoms. The highest BCUT2D eigenvalue weighted by Gasteiger charge is 2.23. The first kappa shape index (κ1) is 15.2. The van der Waals surface area contributed by atoms with Gasteiger partial charge in [0.15, 0.2) is 0 Å². The highest BCUT2D eigenvalue weighted by atomic mass is 16.3. The lowest BCUT2D eigenvalue weighted by Crippen LogP contribution is -2.43. The molecule has 1 aromatic carbocycles. The second kappa shape index (κ2) is 7.55. The van der Waals surface area contributed by atoms with Gasteiger partial charge in [0, 0.05) is 0 Å². The predicted octanol–water partition coefficient (Wildman–Crippen LogP) is 1.50. The molecule has 1 rings (SSSR count). The van der Waals surface area contributed by atoms with Crippen LogP contribution in [-0.4, -0.2) is 23.7 Å². The highest BCUT2D eigenvalue weighted by molar-refractivity contribution is 5.81. The number of benzene rings is 1. The van der Waals surface area contributed by atoms with Crippen molar-refractivity contribution in [3.63, 3.8) is 0 Å². The molecular formula is C15H20N2O2. The van der Waals surface area contributed by atoms with Gasteiger partial charge >= 0.3 is 0 Å². The van der Waals surface area contributed by atoms with Crippen LogP contribution in [0.25, 0.3) is 0 Å². The summed E-state index contributed by atoms with van der Waals surface area (Å²) in [6.07, 6.45) is 0.555. The molecule has 2 N–H and O–H groups in total. The number of amides is 1. The molecule has 0 radical (unpaired) electrons. The quantitative estimate of drug-likeness (QED) is 0.814. The average Bonchev–Trinajstić information content (AvgIpc) is 2.39. The maximum atomic E-state index is 11.9. The molecule has 0 aliphatic rings. The molecule has 1 unspecified atom stereocenters. The van der Waals surface area contributed by atoms with E-state index in [9.17, 15) is 9.90 Å². The Morgan fingerprint density at radius 2 is 2.00 bits per heavy atom. The Morgan fingerprint density at radius 1 is 1.37 bits per heavy atom. The van der Waals surface area contributed by atoms with Crippen LogP contribution in [0.2, 0.25) is 0 Å². The van der Waals surface area contributed by atoms with Crippen molar-refractivity contribution in [1.29, 1.82) is 5.26 Å². The summed E-state index contributed by atoms with van der Waals surface area (Å²) in [4.78, 5) is 11.9. The Morgan fingerprint density at radius 3 is 2.47 bits per heavy atom. The van der Waals surface area contributed by atoms with Crippen LogP contribution >= 0.6 is 0 Å². The van der Waals surface area contributed by atoms with Crippen molar-refractivity contribution in [2.75, 3.05) is 6.61 Å². The smallest absolute Gasteiger partial charge is 0.237 e. The first-order chi connectivity index (χ1) is 9.08. The van der Waals surface area contributed by atoms with E-state index in [2.05, 4.69) is 5.32 Å². The topological polar surface area (TPSA) is 73.1 Å². The fourth-order valence-corrected chi connectivity index (χ4v) is 1.86. The third-order valence-corrected chi connectivity index (χ3v) is 2.98. The largest absolute Gasteiger partial charge is 0.394 e. The van der Waals surface area contributed by atoms with Crippen LogP contribution in [0.4, 0.5) is 0 Å². The summed E-state index contributed by atoms with van der Waals surface area (Å²) in [5, 5.41) is 21.0. The van der Waals surface area contributed by atoms with Crippen molar-refractivity contribution in [2.24, 2.45) is 11.8 Å². The molecule has 4 nitrogen and oxygen atoms in total. The van der Waals surface area contributed by atoms with Gasteiger partial charge in [-0.3, -0.25) is 4.79 Å². The van der Waals surface area contributed by atoms with Gasteiger partial charge in [0.05, 0.1) is 18.7 Å². The molecule has 4 heteroatoms. The Labute approximate surface area is 114 Å². The van der Waals surface area contributed by atoms with Crippen molar-refractivity contribution in [2.45, 2.75) is 26.3 Å². The van der Waals surface area contributed by atoms with E-state index >= 15 is 0 Å². The zero-order valence-electron chi connectivity index (χ0n) is 11.3. The molecule has 102 valence electrons. The molecule has 1 amide bonds. The van der Waals surface area contributed by atoms with Gasteiger partial charge in [0.1, 0.15) is 5.92 Å². The summed E-state index contributed by atoms with van der Waals surface area (Å²) in [5.41, 5.74) is 1.04. The van der Waals surface area contributed by atoms with E-state index in [4.69, 9.17) is 5.26 Å². The minimum absolute atomic E-state index is 0.0407. The second-order valence-electron chi connectivity index (χ2n) is 4.93. The lowest BCUT2D eigenvalue weighted by molar-refractivity contribution is -0.125. The van der Waals surface area contributed by atoms with Crippen LogP contribution in [0.3, 0.4) is 0 Å². The number of hydrogen-bond donors (Lipinski definition) is 2. The van der Waals surface area contributed by atoms with Crippen molar-refractivity contribution < 1.29 is 9.90 Å². The highest BCUT2D eigenvalue weighted by Crippen LogP contribution is 2.10. The van der Waals surface area contributed by atoms with Gasteiger partial charge in [-0.1, -0.05) is 44.2 Å². The summed E-state index contributed by atoms with van der Waals surface area (Å²) >= 11 is 0. The Kier molecular flexibility index (Phi) is 6.04. The van der Waals surface area contributed by atoms with Crippen molar-refractivity contribution in [3.05, 3.63) is 35.9 Å². The summed E-state index contributed by atoms with van der Waals surface area (Å²) in [6, 6.07) is 11.3. The van der Waals surface area contributed by atoms with Gasteiger partial charge in [-0.2, -0.15) is 5.26 Å². The SMILES string of the molecule is CC(C)C(C#N)C(=O)N[C@@H](CO)Cc1ccccc1. The summed E-state index contributed by atoms with van der Waals surface area (Å²) < 4.78 is 0. The third kappa shape index (κ3) is 4.72. The molecule has 0 saturated heterocycles. The molecule has 0 aliphatic heterocycles. The number of carbonyl (C=O) groups excluding carboxylic acids is 1. The number of nitrogens with one attached hydrogen (secondary N) is 1. The van der Waals surface area contributed by atoms with Crippen LogP contribution in [0, 0.1) is 23.2 Å². The minimum atomic E-state index is -0.676. The van der Waals surface area contributed by atoms with Gasteiger partial charge in [-0.05, 0) is 17.9 Å². The van der Waals surface area contributed by atoms with E-state index in [0.717, 1.165) is 5.56 Å². The first-order valence-corrected chi connectivity index (χ1v) is 6.43. The minimum Gasteiger partial charge on any atom is -0.394 e. The lowest BCUT2D eigenvalue weighted by Gasteiger charge is -2.19. The van der Waals surface area contributed by atoms with E-state index in [-0.39, 0.29) is 24.5 Å². The third-order valence-electron chi connectivity index (χ3n) is 2.98. The van der Waals surface area contributed by atoms with E-state index in [0.29, 0.717) is 6.42 Å². The number of carbonyl (C=O) groups is 1. The fourth-order valence-electron chi connectivity index (χ4n) is 1.86. The Bertz CT molecular complexity index is 437. The standard InChI is InChI=1S/C15H20N2O2/c1-11(2)14(9-16)15(19)17-13(10-18)8-12-6-4-3-5-7-12/h3-7,11,13-14,18H,8,10H2,1-2H3,(H,17,19)/t13-,14?/m1/s1. The molecule has 0 aromatic heterocycles. The zero-order chi connectivity index (χ0) is 14.3. The average molecular weight is 260 g/mol. The van der Waals surface area contributed by atoms with Crippen LogP contribution in [-0.2, 0) is 11.2 Å². The number of nitriles is 1. The maximum Gasteiger partial charge on any atom is 0.237 e. The Balaban J connectivity index is 2.62. The predicted molar refractivity (Wildman–Crippen MR) is 73.1 cm³/mol. The zero-order valence-corrected chi connectivity index (χ0v) is 11.3. The Hall–Kier alpha value is -1.86. The molecule has 0 saturated carbocycles. The van der Waals surface area contributed by atoms with Gasteiger partial charge in [0.25, 0.3) is 0 Å². The number of nitrogens with zero attached hydrogens (tertiary/aromatic N) is 1. The van der Waals surface area contributed by atoms with E-state index < -0.39 is 5.92 Å². The maximum absolute atomic E-state index is 11.9. The summed E-state index contributed by atoms with van der Waals surface area (Å²) in [6.45, 7) is 3.52. The van der Waals surface area contributed by atoms with Crippen LogP contribution in [0.1, 0.15) is 19.4 Å². The summed E-state index contributed by atoms with van der Waals surface area (Å²) in [7, 11) is 0. The van der Waals surface area contributed by atoms with Gasteiger partial charge in [0.2, 0.25) is 5.91 Å². The number of hydrogen-bond acceptors (Lipinski definition) is 3. The molecule has 0 aliphatic carbocycles. The van der Waals surface area contributed by atoms with Crippen molar-refractivity contribution in [3.8, 4) is 6.07 Å². The van der Waals surface area contributed by atoms with Crippen LogP contribution in [0.5, 0.6) is 0 Å². The van der Waals surface area contributed by atoms with Crippen molar-refractivity contribution >= 4 is 5.91 Å². The number of rotatable bonds is 6. The molecule has 1 aromatic rings. The second-order valence-corrected chi connectivity index (χ2v) is 4.93. The molecule has 0 fully saturated rings. The van der Waals surface area contributed by atoms with E-state index in [1.165, 1.54) is 0 Å². The molecule has 19 heavy (non-hydrogen) atoms. The van der Waals surface area contributed by atoms with Gasteiger partial charge in [-0.15, -0.1) is 0 Å². The number of aliphatic hydroxyl groups excluding tert-OH is 1. The lowest BCUT2D eigenvalue weighted by atomic mass is 9.96. The normalized spacial score (nSPS) is 13.6. The first-order valence-electron chi connectivity index (χ1n) is 6.43. The van der Waals surface area contributed by atoms with Crippen LogP contribution < -0.4 is 5.32 Å².